The molecule has 3 atom stereocenters. The third-order valence-corrected chi connectivity index (χ3v) is 9.26. The number of fused-ring (bicyclic) bond motifs is 1. The molecule has 1 aliphatic rings. The predicted octanol–water partition coefficient (Wildman–Crippen LogP) is 6.72. The molecular weight excluding hydrogens is 619 g/mol. The van der Waals surface area contributed by atoms with Crippen LogP contribution in [0.2, 0.25) is 10.0 Å². The lowest BCUT2D eigenvalue weighted by atomic mass is 9.98. The molecule has 230 valence electrons. The molecular formula is C33H34Cl2N4O4S. The molecule has 4 aromatic rings. The number of anilines is 1. The van der Waals surface area contributed by atoms with E-state index in [1.807, 2.05) is 50.5 Å². The first-order valence-electron chi connectivity index (χ1n) is 14.3. The van der Waals surface area contributed by atoms with Crippen molar-refractivity contribution >= 4 is 52.0 Å². The maximum absolute atomic E-state index is 13.8. The molecule has 5 rings (SSSR count). The minimum Gasteiger partial charge on any atom is -0.486 e. The van der Waals surface area contributed by atoms with Crippen molar-refractivity contribution in [3.05, 3.63) is 99.0 Å². The minimum atomic E-state index is -0.403. The summed E-state index contributed by atoms with van der Waals surface area (Å²) in [7, 11) is 1.99. The van der Waals surface area contributed by atoms with E-state index >= 15 is 0 Å². The van der Waals surface area contributed by atoms with Gasteiger partial charge in [0.2, 0.25) is 0 Å². The molecule has 0 bridgehead atoms. The van der Waals surface area contributed by atoms with Gasteiger partial charge in [-0.15, -0.1) is 11.3 Å². The molecule has 1 aliphatic heterocycles. The molecule has 0 saturated heterocycles. The number of hydrogen-bond donors (Lipinski definition) is 2. The molecule has 44 heavy (non-hydrogen) atoms. The number of aliphatic hydroxyl groups excluding tert-OH is 1. The van der Waals surface area contributed by atoms with Crippen molar-refractivity contribution < 1.29 is 19.4 Å². The van der Waals surface area contributed by atoms with Gasteiger partial charge in [0.05, 0.1) is 33.9 Å². The number of hydrogen-bond acceptors (Lipinski definition) is 7. The highest BCUT2D eigenvalue weighted by Crippen LogP contribution is 2.35. The van der Waals surface area contributed by atoms with E-state index in [1.165, 1.54) is 11.3 Å². The maximum Gasteiger partial charge on any atom is 0.258 e. The summed E-state index contributed by atoms with van der Waals surface area (Å²) < 4.78 is 6.65. The lowest BCUT2D eigenvalue weighted by Gasteiger charge is -2.38. The number of carbonyl (C=O) groups is 2. The molecule has 1 aromatic heterocycles. The van der Waals surface area contributed by atoms with Crippen LogP contribution in [0.5, 0.6) is 5.75 Å². The molecule has 0 unspecified atom stereocenters. The zero-order chi connectivity index (χ0) is 31.4. The second kappa shape index (κ2) is 14.1. The number of aliphatic hydroxyl groups is 1. The Bertz CT molecular complexity index is 1620. The van der Waals surface area contributed by atoms with Gasteiger partial charge in [0.25, 0.3) is 11.8 Å². The predicted molar refractivity (Wildman–Crippen MR) is 176 cm³/mol. The number of nitrogens with one attached hydrogen (secondary N) is 1. The van der Waals surface area contributed by atoms with Crippen LogP contribution in [0.4, 0.5) is 5.69 Å². The number of ether oxygens (including phenoxy) is 1. The second-order valence-corrected chi connectivity index (χ2v) is 12.8. The largest absolute Gasteiger partial charge is 0.486 e. The Balaban J connectivity index is 1.43. The summed E-state index contributed by atoms with van der Waals surface area (Å²) in [4.78, 5) is 35.3. The number of benzene rings is 3. The van der Waals surface area contributed by atoms with Crippen LogP contribution in [0, 0.1) is 5.92 Å². The standard InChI is InChI=1S/C33H34Cl2N4O4S/c1-20-16-39(21(2)19-40)33(42)25-5-4-6-28(37-31(41)23-8-10-24(11-9-23)32-36-13-14-44-32)30(25)43-29(20)18-38(3)17-22-7-12-26(34)27(35)15-22/h4-15,20-21,29,40H,16-19H2,1-3H3,(H,37,41)/t20-,21-,29-/m0/s1. The minimum absolute atomic E-state index is 0.0977. The molecule has 0 spiro atoms. The van der Waals surface area contributed by atoms with Crippen LogP contribution in [0.3, 0.4) is 0 Å². The van der Waals surface area contributed by atoms with Gasteiger partial charge >= 0.3 is 0 Å². The van der Waals surface area contributed by atoms with E-state index in [1.54, 1.807) is 47.5 Å². The summed E-state index contributed by atoms with van der Waals surface area (Å²) in [5, 5.41) is 16.7. The number of aromatic nitrogens is 1. The number of nitrogens with zero attached hydrogens (tertiary/aromatic N) is 3. The van der Waals surface area contributed by atoms with Crippen molar-refractivity contribution in [1.82, 2.24) is 14.8 Å². The van der Waals surface area contributed by atoms with Crippen LogP contribution in [0.1, 0.15) is 40.1 Å². The van der Waals surface area contributed by atoms with Gasteiger partial charge in [-0.3, -0.25) is 14.5 Å². The molecule has 0 saturated carbocycles. The van der Waals surface area contributed by atoms with Gasteiger partial charge in [-0.2, -0.15) is 0 Å². The Morgan fingerprint density at radius 1 is 1.18 bits per heavy atom. The van der Waals surface area contributed by atoms with Crippen molar-refractivity contribution in [3.63, 3.8) is 0 Å². The van der Waals surface area contributed by atoms with Gasteiger partial charge in [-0.25, -0.2) is 4.98 Å². The zero-order valence-corrected chi connectivity index (χ0v) is 27.0. The molecule has 0 aliphatic carbocycles. The molecule has 11 heteroatoms. The van der Waals surface area contributed by atoms with E-state index in [-0.39, 0.29) is 30.4 Å². The van der Waals surface area contributed by atoms with Crippen LogP contribution in [-0.4, -0.2) is 70.6 Å². The molecule has 3 aromatic carbocycles. The molecule has 2 heterocycles. The van der Waals surface area contributed by atoms with E-state index in [4.69, 9.17) is 27.9 Å². The maximum atomic E-state index is 13.8. The summed E-state index contributed by atoms with van der Waals surface area (Å²) in [5.74, 6) is -0.386. The van der Waals surface area contributed by atoms with Gasteiger partial charge in [-0.1, -0.05) is 54.4 Å². The van der Waals surface area contributed by atoms with Crippen molar-refractivity contribution in [3.8, 4) is 16.3 Å². The second-order valence-electron chi connectivity index (χ2n) is 11.1. The van der Waals surface area contributed by atoms with Gasteiger partial charge < -0.3 is 20.1 Å². The van der Waals surface area contributed by atoms with Crippen LogP contribution in [0.15, 0.2) is 72.2 Å². The Morgan fingerprint density at radius 2 is 1.95 bits per heavy atom. The first kappa shape index (κ1) is 31.9. The van der Waals surface area contributed by atoms with Gasteiger partial charge in [0.15, 0.2) is 5.75 Å². The third kappa shape index (κ3) is 7.25. The smallest absolute Gasteiger partial charge is 0.258 e. The van der Waals surface area contributed by atoms with Gasteiger partial charge in [0, 0.05) is 48.3 Å². The molecule has 8 nitrogen and oxygen atoms in total. The number of para-hydroxylation sites is 1. The van der Waals surface area contributed by atoms with Crippen LogP contribution in [-0.2, 0) is 6.54 Å². The molecule has 0 radical (unpaired) electrons. The summed E-state index contributed by atoms with van der Waals surface area (Å²) in [6, 6.07) is 17.5. The van der Waals surface area contributed by atoms with E-state index in [2.05, 4.69) is 15.2 Å². The van der Waals surface area contributed by atoms with Crippen molar-refractivity contribution in [2.24, 2.45) is 5.92 Å². The summed E-state index contributed by atoms with van der Waals surface area (Å²) in [6.07, 6.45) is 1.39. The SMILES string of the molecule is C[C@H]1CN([C@@H](C)CO)C(=O)c2cccc(NC(=O)c3ccc(-c4nccs4)cc3)c2O[C@H]1CN(C)Cc1ccc(Cl)c(Cl)c1. The highest BCUT2D eigenvalue weighted by atomic mass is 35.5. The number of halogens is 2. The van der Waals surface area contributed by atoms with Crippen LogP contribution < -0.4 is 10.1 Å². The average molecular weight is 654 g/mol. The number of carbonyl (C=O) groups excluding carboxylic acids is 2. The van der Waals surface area contributed by atoms with E-state index in [0.717, 1.165) is 16.1 Å². The van der Waals surface area contributed by atoms with Crippen molar-refractivity contribution in [1.29, 1.82) is 0 Å². The first-order valence-corrected chi connectivity index (χ1v) is 15.9. The van der Waals surface area contributed by atoms with Crippen molar-refractivity contribution in [2.45, 2.75) is 32.5 Å². The van der Waals surface area contributed by atoms with Crippen molar-refractivity contribution in [2.75, 3.05) is 32.1 Å². The van der Waals surface area contributed by atoms with E-state index in [0.29, 0.717) is 52.2 Å². The molecule has 2 N–H and O–H groups in total. The Morgan fingerprint density at radius 3 is 2.64 bits per heavy atom. The summed E-state index contributed by atoms with van der Waals surface area (Å²) in [5.41, 5.74) is 3.11. The quantitative estimate of drug-likeness (QED) is 0.208. The normalized spacial score (nSPS) is 17.4. The number of rotatable bonds is 9. The highest BCUT2D eigenvalue weighted by molar-refractivity contribution is 7.13. The first-order chi connectivity index (χ1) is 21.1. The number of amides is 2. The fraction of sp³-hybridized carbons (Fsp3) is 0.303. The van der Waals surface area contributed by atoms with Crippen LogP contribution >= 0.6 is 34.5 Å². The fourth-order valence-electron chi connectivity index (χ4n) is 5.21. The molecule has 0 fully saturated rings. The van der Waals surface area contributed by atoms with Crippen LogP contribution in [0.25, 0.3) is 10.6 Å². The van der Waals surface area contributed by atoms with Gasteiger partial charge in [0.1, 0.15) is 11.1 Å². The Kier molecular flexibility index (Phi) is 10.2. The fourth-order valence-corrected chi connectivity index (χ4v) is 6.17. The highest BCUT2D eigenvalue weighted by Gasteiger charge is 2.34. The lowest BCUT2D eigenvalue weighted by Crippen LogP contribution is -2.49. The molecule has 2 amide bonds. The topological polar surface area (TPSA) is 95.0 Å². The third-order valence-electron chi connectivity index (χ3n) is 7.69. The number of likely N-dealkylation sites (N-methyl/N-ethyl adjacent to an activating group) is 1. The van der Waals surface area contributed by atoms with Gasteiger partial charge in [-0.05, 0) is 55.9 Å². The van der Waals surface area contributed by atoms with E-state index < -0.39 is 6.04 Å². The summed E-state index contributed by atoms with van der Waals surface area (Å²) in [6.45, 7) is 5.19. The monoisotopic (exact) mass is 652 g/mol. The Labute approximate surface area is 271 Å². The average Bonchev–Trinajstić information content (AvgIpc) is 3.56. The zero-order valence-electron chi connectivity index (χ0n) is 24.7. The lowest BCUT2D eigenvalue weighted by molar-refractivity contribution is 0.0343. The number of thiazole rings is 1. The van der Waals surface area contributed by atoms with E-state index in [9.17, 15) is 14.7 Å². The summed E-state index contributed by atoms with van der Waals surface area (Å²) >= 11 is 13.9. The Hall–Kier alpha value is -3.47.